The summed E-state index contributed by atoms with van der Waals surface area (Å²) >= 11 is 1.26. The fraction of sp³-hybridized carbons (Fsp3) is 0.0500. The van der Waals surface area contributed by atoms with Crippen molar-refractivity contribution in [2.75, 3.05) is 11.9 Å². The van der Waals surface area contributed by atoms with Crippen molar-refractivity contribution in [1.29, 1.82) is 0 Å². The monoisotopic (exact) mass is 361 g/mol. The van der Waals surface area contributed by atoms with Crippen molar-refractivity contribution >= 4 is 28.8 Å². The van der Waals surface area contributed by atoms with E-state index in [2.05, 4.69) is 27.5 Å². The molecular formula is C20H15N3O2S. The number of carbonyl (C=O) groups excluding carboxylic acids is 2. The maximum absolute atomic E-state index is 12.3. The molecule has 0 aliphatic rings. The van der Waals surface area contributed by atoms with E-state index < -0.39 is 0 Å². The molecule has 0 spiro atoms. The van der Waals surface area contributed by atoms with E-state index in [9.17, 15) is 9.59 Å². The first-order valence-electron chi connectivity index (χ1n) is 7.85. The summed E-state index contributed by atoms with van der Waals surface area (Å²) in [6.07, 6.45) is 3.09. The molecule has 1 aromatic carbocycles. The predicted octanol–water partition coefficient (Wildman–Crippen LogP) is 3.18. The van der Waals surface area contributed by atoms with Crippen molar-refractivity contribution in [1.82, 2.24) is 10.3 Å². The number of benzene rings is 1. The summed E-state index contributed by atoms with van der Waals surface area (Å²) in [6, 6.07) is 14.5. The van der Waals surface area contributed by atoms with Crippen LogP contribution in [0, 0.1) is 11.8 Å². The van der Waals surface area contributed by atoms with E-state index >= 15 is 0 Å². The number of pyridine rings is 1. The molecule has 0 aliphatic heterocycles. The van der Waals surface area contributed by atoms with Crippen LogP contribution in [0.4, 0.5) is 5.69 Å². The minimum absolute atomic E-state index is 0.226. The largest absolute Gasteiger partial charge is 0.340 e. The number of amides is 2. The molecule has 0 bridgehead atoms. The van der Waals surface area contributed by atoms with Crippen LogP contribution in [0.25, 0.3) is 0 Å². The number of hydrogen-bond acceptors (Lipinski definition) is 4. The molecule has 2 heterocycles. The van der Waals surface area contributed by atoms with Gasteiger partial charge in [0, 0.05) is 23.5 Å². The summed E-state index contributed by atoms with van der Waals surface area (Å²) in [4.78, 5) is 28.9. The highest BCUT2D eigenvalue weighted by Crippen LogP contribution is 2.22. The smallest absolute Gasteiger partial charge is 0.264 e. The third-order valence-corrected chi connectivity index (χ3v) is 4.32. The molecule has 0 unspecified atom stereocenters. The van der Waals surface area contributed by atoms with Gasteiger partial charge in [-0.25, -0.2) is 0 Å². The lowest BCUT2D eigenvalue weighted by Crippen LogP contribution is -2.24. The van der Waals surface area contributed by atoms with E-state index in [1.807, 2.05) is 30.3 Å². The van der Waals surface area contributed by atoms with E-state index in [0.717, 1.165) is 5.56 Å². The zero-order valence-electron chi connectivity index (χ0n) is 13.7. The molecule has 0 saturated carbocycles. The Morgan fingerprint density at radius 2 is 1.77 bits per heavy atom. The molecule has 128 valence electrons. The zero-order chi connectivity index (χ0) is 18.2. The second-order valence-corrected chi connectivity index (χ2v) is 6.12. The van der Waals surface area contributed by atoms with Gasteiger partial charge in [-0.2, -0.15) is 0 Å². The maximum Gasteiger partial charge on any atom is 0.264 e. The molecule has 26 heavy (non-hydrogen) atoms. The molecule has 0 fully saturated rings. The Balaban J connectivity index is 1.60. The first kappa shape index (κ1) is 17.4. The van der Waals surface area contributed by atoms with Gasteiger partial charge in [0.15, 0.2) is 0 Å². The Bertz CT molecular complexity index is 957. The van der Waals surface area contributed by atoms with E-state index in [-0.39, 0.29) is 18.4 Å². The molecule has 0 radical (unpaired) electrons. The second kappa shape index (κ2) is 8.60. The summed E-state index contributed by atoms with van der Waals surface area (Å²) in [5.74, 6) is 5.33. The second-order valence-electron chi connectivity index (χ2n) is 5.20. The van der Waals surface area contributed by atoms with E-state index in [4.69, 9.17) is 0 Å². The lowest BCUT2D eigenvalue weighted by molar-refractivity contribution is 0.0963. The van der Waals surface area contributed by atoms with Crippen LogP contribution in [0.3, 0.4) is 0 Å². The standard InChI is InChI=1S/C20H15N3O2S/c24-19(16-8-12-21-13-9-16)23-17-10-14-26-18(17)20(25)22-11-4-7-15-5-2-1-3-6-15/h1-3,5-6,8-10,12-14H,11H2,(H,22,25)(H,23,24). The Morgan fingerprint density at radius 1 is 1.00 bits per heavy atom. The highest BCUT2D eigenvalue weighted by atomic mass is 32.1. The molecular weight excluding hydrogens is 346 g/mol. The predicted molar refractivity (Wildman–Crippen MR) is 102 cm³/mol. The van der Waals surface area contributed by atoms with Crippen molar-refractivity contribution in [2.24, 2.45) is 0 Å². The average Bonchev–Trinajstić information content (AvgIpc) is 3.15. The number of rotatable bonds is 4. The maximum atomic E-state index is 12.3. The Kier molecular flexibility index (Phi) is 5.76. The third kappa shape index (κ3) is 4.56. The van der Waals surface area contributed by atoms with Crippen molar-refractivity contribution in [3.8, 4) is 11.8 Å². The molecule has 2 N–H and O–H groups in total. The van der Waals surface area contributed by atoms with Crippen molar-refractivity contribution in [3.05, 3.63) is 82.3 Å². The minimum atomic E-state index is -0.288. The molecule has 3 aromatic rings. The van der Waals surface area contributed by atoms with E-state index in [1.54, 1.807) is 36.0 Å². The molecule has 0 aliphatic carbocycles. The topological polar surface area (TPSA) is 71.1 Å². The van der Waals surface area contributed by atoms with Crippen LogP contribution in [0.5, 0.6) is 0 Å². The van der Waals surface area contributed by atoms with Crippen molar-refractivity contribution in [2.45, 2.75) is 0 Å². The number of carbonyl (C=O) groups is 2. The molecule has 2 amide bonds. The van der Waals surface area contributed by atoms with Gasteiger partial charge in [0.25, 0.3) is 11.8 Å². The first-order valence-corrected chi connectivity index (χ1v) is 8.73. The van der Waals surface area contributed by atoms with Crippen molar-refractivity contribution in [3.63, 3.8) is 0 Å². The van der Waals surface area contributed by atoms with Gasteiger partial charge < -0.3 is 10.6 Å². The molecule has 6 heteroatoms. The first-order chi connectivity index (χ1) is 12.7. The Morgan fingerprint density at radius 3 is 2.54 bits per heavy atom. The molecule has 0 saturated heterocycles. The van der Waals surface area contributed by atoms with Gasteiger partial charge in [-0.05, 0) is 35.7 Å². The van der Waals surface area contributed by atoms with Gasteiger partial charge in [-0.3, -0.25) is 14.6 Å². The lowest BCUT2D eigenvalue weighted by atomic mass is 10.2. The van der Waals surface area contributed by atoms with Crippen LogP contribution in [0.1, 0.15) is 25.6 Å². The zero-order valence-corrected chi connectivity index (χ0v) is 14.5. The van der Waals surface area contributed by atoms with Gasteiger partial charge >= 0.3 is 0 Å². The van der Waals surface area contributed by atoms with E-state index in [1.165, 1.54) is 11.3 Å². The number of nitrogens with zero attached hydrogens (tertiary/aromatic N) is 1. The van der Waals surface area contributed by atoms with Crippen LogP contribution in [0.2, 0.25) is 0 Å². The summed E-state index contributed by atoms with van der Waals surface area (Å²) in [5, 5.41) is 7.25. The number of aromatic nitrogens is 1. The highest BCUT2D eigenvalue weighted by molar-refractivity contribution is 7.12. The third-order valence-electron chi connectivity index (χ3n) is 3.41. The normalized spacial score (nSPS) is 9.69. The SMILES string of the molecule is O=C(Nc1ccsc1C(=O)NCC#Cc1ccccc1)c1ccncc1. The van der Waals surface area contributed by atoms with Gasteiger partial charge in [-0.15, -0.1) is 11.3 Å². The quantitative estimate of drug-likeness (QED) is 0.701. The number of nitrogens with one attached hydrogen (secondary N) is 2. The van der Waals surface area contributed by atoms with Crippen LogP contribution in [0.15, 0.2) is 66.3 Å². The molecule has 5 nitrogen and oxygen atoms in total. The Hall–Kier alpha value is -3.43. The number of anilines is 1. The number of hydrogen-bond donors (Lipinski definition) is 2. The van der Waals surface area contributed by atoms with Crippen LogP contribution in [-0.4, -0.2) is 23.3 Å². The van der Waals surface area contributed by atoms with Crippen LogP contribution in [-0.2, 0) is 0 Å². The van der Waals surface area contributed by atoms with E-state index in [0.29, 0.717) is 16.1 Å². The summed E-state index contributed by atoms with van der Waals surface area (Å²) in [6.45, 7) is 0.226. The highest BCUT2D eigenvalue weighted by Gasteiger charge is 2.15. The van der Waals surface area contributed by atoms with Crippen LogP contribution >= 0.6 is 11.3 Å². The van der Waals surface area contributed by atoms with Crippen molar-refractivity contribution < 1.29 is 9.59 Å². The minimum Gasteiger partial charge on any atom is -0.340 e. The van der Waals surface area contributed by atoms with Gasteiger partial charge in [0.1, 0.15) is 4.88 Å². The van der Waals surface area contributed by atoms with Gasteiger partial charge in [0.2, 0.25) is 0 Å². The molecule has 0 atom stereocenters. The van der Waals surface area contributed by atoms with Crippen LogP contribution < -0.4 is 10.6 Å². The molecule has 2 aromatic heterocycles. The summed E-state index contributed by atoms with van der Waals surface area (Å²) in [5.41, 5.74) is 1.85. The fourth-order valence-electron chi connectivity index (χ4n) is 2.15. The lowest BCUT2D eigenvalue weighted by Gasteiger charge is -2.06. The fourth-order valence-corrected chi connectivity index (χ4v) is 2.92. The summed E-state index contributed by atoms with van der Waals surface area (Å²) < 4.78 is 0. The van der Waals surface area contributed by atoms with Gasteiger partial charge in [-0.1, -0.05) is 30.0 Å². The Labute approximate surface area is 155 Å². The average molecular weight is 361 g/mol. The number of thiophene rings is 1. The molecule has 3 rings (SSSR count). The summed E-state index contributed by atoms with van der Waals surface area (Å²) in [7, 11) is 0. The van der Waals surface area contributed by atoms with Gasteiger partial charge in [0.05, 0.1) is 12.2 Å².